The fraction of sp³-hybridized carbons (Fsp3) is 0.258. The van der Waals surface area contributed by atoms with Crippen molar-refractivity contribution in [1.29, 1.82) is 0 Å². The van der Waals surface area contributed by atoms with Crippen molar-refractivity contribution < 1.29 is 9.90 Å². The molecule has 1 aliphatic rings. The first-order valence-corrected chi connectivity index (χ1v) is 12.4. The number of carboxylic acid groups (broad SMARTS) is 1. The summed E-state index contributed by atoms with van der Waals surface area (Å²) in [4.78, 5) is 13.6. The highest BCUT2D eigenvalue weighted by Gasteiger charge is 2.31. The van der Waals surface area contributed by atoms with E-state index < -0.39 is 5.97 Å². The molecule has 1 fully saturated rings. The molecule has 0 saturated carbocycles. The number of anilines is 1. The zero-order chi connectivity index (χ0) is 24.2. The predicted octanol–water partition coefficient (Wildman–Crippen LogP) is 6.50. The van der Waals surface area contributed by atoms with Crippen LogP contribution in [-0.4, -0.2) is 30.7 Å². The Morgan fingerprint density at radius 3 is 2.43 bits per heavy atom. The molecule has 2 N–H and O–H groups in total. The first kappa shape index (κ1) is 23.1. The molecule has 2 unspecified atom stereocenters. The van der Waals surface area contributed by atoms with Crippen LogP contribution in [0.5, 0.6) is 0 Å². The number of piperidine rings is 1. The van der Waals surface area contributed by atoms with Crippen LogP contribution in [-0.2, 0) is 0 Å². The van der Waals surface area contributed by atoms with E-state index in [1.165, 1.54) is 21.9 Å². The van der Waals surface area contributed by atoms with Crippen LogP contribution in [0.25, 0.3) is 10.8 Å². The highest BCUT2D eigenvalue weighted by molar-refractivity contribution is 5.88. The quantitative estimate of drug-likeness (QED) is 0.328. The van der Waals surface area contributed by atoms with Crippen LogP contribution in [0.3, 0.4) is 0 Å². The number of hydrogen-bond acceptors (Lipinski definition) is 3. The summed E-state index contributed by atoms with van der Waals surface area (Å²) in [6.45, 7) is 5.10. The third kappa shape index (κ3) is 5.08. The second kappa shape index (κ2) is 10.3. The Hall–Kier alpha value is -3.63. The van der Waals surface area contributed by atoms with E-state index in [-0.39, 0.29) is 6.04 Å². The average molecular weight is 465 g/mol. The summed E-state index contributed by atoms with van der Waals surface area (Å²) in [7, 11) is 0. The van der Waals surface area contributed by atoms with Gasteiger partial charge in [-0.05, 0) is 72.0 Å². The number of nitrogens with one attached hydrogen (secondary N) is 1. The van der Waals surface area contributed by atoms with Crippen molar-refractivity contribution in [2.24, 2.45) is 5.92 Å². The molecule has 0 amide bonds. The molecule has 0 bridgehead atoms. The zero-order valence-corrected chi connectivity index (χ0v) is 20.1. The lowest BCUT2D eigenvalue weighted by atomic mass is 9.80. The van der Waals surface area contributed by atoms with Crippen LogP contribution in [0.15, 0.2) is 97.1 Å². The van der Waals surface area contributed by atoms with Gasteiger partial charge in [-0.3, -0.25) is 0 Å². The number of hydrogen-bond donors (Lipinski definition) is 2. The molecule has 0 radical (unpaired) electrons. The Bertz CT molecular complexity index is 1280. The van der Waals surface area contributed by atoms with Gasteiger partial charge in [0.05, 0.1) is 5.56 Å². The van der Waals surface area contributed by atoms with Gasteiger partial charge >= 0.3 is 5.97 Å². The van der Waals surface area contributed by atoms with E-state index in [1.807, 2.05) is 12.1 Å². The fourth-order valence-electron chi connectivity index (χ4n) is 5.44. The van der Waals surface area contributed by atoms with Crippen molar-refractivity contribution >= 4 is 22.4 Å². The Labute approximate surface area is 207 Å². The van der Waals surface area contributed by atoms with Crippen molar-refractivity contribution in [1.82, 2.24) is 5.32 Å². The van der Waals surface area contributed by atoms with E-state index in [2.05, 4.69) is 89.9 Å². The van der Waals surface area contributed by atoms with E-state index >= 15 is 0 Å². The van der Waals surface area contributed by atoms with Gasteiger partial charge in [-0.1, -0.05) is 72.8 Å². The summed E-state index contributed by atoms with van der Waals surface area (Å²) < 4.78 is 0. The minimum Gasteiger partial charge on any atom is -0.478 e. The predicted molar refractivity (Wildman–Crippen MR) is 143 cm³/mol. The van der Waals surface area contributed by atoms with Crippen LogP contribution in [0.4, 0.5) is 5.69 Å². The molecule has 5 rings (SSSR count). The summed E-state index contributed by atoms with van der Waals surface area (Å²) in [5.74, 6) is 0.0319. The van der Waals surface area contributed by atoms with Gasteiger partial charge in [-0.25, -0.2) is 4.79 Å². The van der Waals surface area contributed by atoms with Gasteiger partial charge < -0.3 is 15.3 Å². The van der Waals surface area contributed by atoms with Gasteiger partial charge in [0.15, 0.2) is 0 Å². The lowest BCUT2D eigenvalue weighted by Crippen LogP contribution is -2.43. The molecule has 1 aliphatic heterocycles. The average Bonchev–Trinajstić information content (AvgIpc) is 2.92. The highest BCUT2D eigenvalue weighted by atomic mass is 16.4. The molecule has 1 saturated heterocycles. The van der Waals surface area contributed by atoms with E-state index in [1.54, 1.807) is 12.1 Å². The van der Waals surface area contributed by atoms with E-state index in [0.29, 0.717) is 17.4 Å². The second-order valence-electron chi connectivity index (χ2n) is 9.56. The molecule has 0 aromatic heterocycles. The van der Waals surface area contributed by atoms with Crippen molar-refractivity contribution in [3.8, 4) is 0 Å². The molecule has 4 heteroatoms. The number of aromatic carboxylic acids is 1. The van der Waals surface area contributed by atoms with Gasteiger partial charge in [0.2, 0.25) is 0 Å². The Morgan fingerprint density at radius 1 is 0.943 bits per heavy atom. The summed E-state index contributed by atoms with van der Waals surface area (Å²) in [6.07, 6.45) is 1.08. The van der Waals surface area contributed by atoms with Gasteiger partial charge in [0.1, 0.15) is 0 Å². The molecule has 4 nitrogen and oxygen atoms in total. The maximum atomic E-state index is 11.2. The molecule has 35 heavy (non-hydrogen) atoms. The van der Waals surface area contributed by atoms with Crippen LogP contribution in [0.1, 0.15) is 46.8 Å². The Morgan fingerprint density at radius 2 is 1.66 bits per heavy atom. The topological polar surface area (TPSA) is 52.6 Å². The van der Waals surface area contributed by atoms with Gasteiger partial charge in [0, 0.05) is 30.7 Å². The van der Waals surface area contributed by atoms with Crippen molar-refractivity contribution in [3.63, 3.8) is 0 Å². The molecule has 0 aliphatic carbocycles. The molecule has 0 spiro atoms. The zero-order valence-electron chi connectivity index (χ0n) is 20.1. The first-order chi connectivity index (χ1) is 17.1. The van der Waals surface area contributed by atoms with Gasteiger partial charge in [-0.15, -0.1) is 0 Å². The lowest BCUT2D eigenvalue weighted by Gasteiger charge is -2.41. The van der Waals surface area contributed by atoms with Gasteiger partial charge in [0.25, 0.3) is 0 Å². The van der Waals surface area contributed by atoms with E-state index in [4.69, 9.17) is 0 Å². The number of fused-ring (bicyclic) bond motifs is 1. The SMILES string of the molecule is C[C@@H](NCC1CCN(c2ccc(C(=O)O)cc2)CC1c1ccccc1)c1cccc2ccccc12. The lowest BCUT2D eigenvalue weighted by molar-refractivity contribution is 0.0697. The number of rotatable bonds is 7. The molecule has 4 aromatic carbocycles. The number of carbonyl (C=O) groups is 1. The first-order valence-electron chi connectivity index (χ1n) is 12.4. The molecule has 4 aromatic rings. The third-order valence-electron chi connectivity index (χ3n) is 7.44. The van der Waals surface area contributed by atoms with Crippen LogP contribution < -0.4 is 10.2 Å². The molecular formula is C31H32N2O2. The summed E-state index contributed by atoms with van der Waals surface area (Å²) in [5, 5.41) is 15.7. The highest BCUT2D eigenvalue weighted by Crippen LogP contribution is 2.35. The third-order valence-corrected chi connectivity index (χ3v) is 7.44. The van der Waals surface area contributed by atoms with E-state index in [9.17, 15) is 9.90 Å². The summed E-state index contributed by atoms with van der Waals surface area (Å²) in [6, 6.07) is 33.5. The minimum absolute atomic E-state index is 0.263. The largest absolute Gasteiger partial charge is 0.478 e. The van der Waals surface area contributed by atoms with Crippen molar-refractivity contribution in [2.75, 3.05) is 24.5 Å². The summed E-state index contributed by atoms with van der Waals surface area (Å²) in [5.41, 5.74) is 4.13. The molecule has 178 valence electrons. The second-order valence-corrected chi connectivity index (χ2v) is 9.56. The Kier molecular flexibility index (Phi) is 6.82. The number of nitrogens with zero attached hydrogens (tertiary/aromatic N) is 1. The van der Waals surface area contributed by atoms with Crippen molar-refractivity contribution in [2.45, 2.75) is 25.3 Å². The number of benzene rings is 4. The smallest absolute Gasteiger partial charge is 0.335 e. The summed E-state index contributed by atoms with van der Waals surface area (Å²) >= 11 is 0. The molecule has 3 atom stereocenters. The standard InChI is InChI=1S/C31H32N2O2/c1-22(28-13-7-11-23-10-5-6-12-29(23)28)32-20-26-18-19-33(21-30(26)24-8-3-2-4-9-24)27-16-14-25(15-17-27)31(34)35/h2-17,22,26,30,32H,18-21H2,1H3,(H,34,35)/t22-,26?,30?/m1/s1. The van der Waals surface area contributed by atoms with Crippen LogP contribution >= 0.6 is 0 Å². The molecular weight excluding hydrogens is 432 g/mol. The van der Waals surface area contributed by atoms with Gasteiger partial charge in [-0.2, -0.15) is 0 Å². The maximum Gasteiger partial charge on any atom is 0.335 e. The van der Waals surface area contributed by atoms with Crippen LogP contribution in [0.2, 0.25) is 0 Å². The minimum atomic E-state index is -0.885. The normalized spacial score (nSPS) is 18.9. The molecule has 1 heterocycles. The fourth-order valence-corrected chi connectivity index (χ4v) is 5.44. The number of carboxylic acids is 1. The van der Waals surface area contributed by atoms with E-state index in [0.717, 1.165) is 31.7 Å². The van der Waals surface area contributed by atoms with Crippen molar-refractivity contribution in [3.05, 3.63) is 114 Å². The maximum absolute atomic E-state index is 11.2. The Balaban J connectivity index is 1.33. The monoisotopic (exact) mass is 464 g/mol. The van der Waals surface area contributed by atoms with Crippen LogP contribution in [0, 0.1) is 5.92 Å².